The molecule has 0 spiro atoms. The summed E-state index contributed by atoms with van der Waals surface area (Å²) in [7, 11) is 1.65. The van der Waals surface area contributed by atoms with Gasteiger partial charge >= 0.3 is 0 Å². The lowest BCUT2D eigenvalue weighted by Crippen LogP contribution is -2.50. The molecule has 152 valence electrons. The molecule has 0 unspecified atom stereocenters. The number of carbonyl (C=O) groups excluding carboxylic acids is 1. The molecule has 1 aromatic carbocycles. The number of benzene rings is 1. The first-order chi connectivity index (χ1) is 14.0. The number of ether oxygens (including phenoxy) is 1. The number of hydrogen-bond acceptors (Lipinski definition) is 6. The number of fused-ring (bicyclic) bond motifs is 1. The molecule has 1 amide bonds. The first-order valence-electron chi connectivity index (χ1n) is 9.60. The maximum Gasteiger partial charge on any atom is 0.262 e. The van der Waals surface area contributed by atoms with Crippen molar-refractivity contribution in [3.8, 4) is 5.75 Å². The van der Waals surface area contributed by atoms with E-state index in [1.54, 1.807) is 7.11 Å². The van der Waals surface area contributed by atoms with Crippen molar-refractivity contribution < 1.29 is 9.53 Å². The first-order valence-corrected chi connectivity index (χ1v) is 10.4. The third-order valence-electron chi connectivity index (χ3n) is 5.53. The minimum Gasteiger partial charge on any atom is -0.497 e. The third-order valence-corrected chi connectivity index (χ3v) is 6.65. The lowest BCUT2D eigenvalue weighted by Gasteiger charge is -2.36. The summed E-state index contributed by atoms with van der Waals surface area (Å²) in [6.45, 7) is 6.72. The van der Waals surface area contributed by atoms with Gasteiger partial charge in [0.25, 0.3) is 5.56 Å². The van der Waals surface area contributed by atoms with Crippen LogP contribution in [0.5, 0.6) is 5.75 Å². The molecular formula is C21H24N4O3S. The molecule has 7 nitrogen and oxygen atoms in total. The van der Waals surface area contributed by atoms with Crippen molar-refractivity contribution in [1.29, 1.82) is 0 Å². The van der Waals surface area contributed by atoms with Crippen molar-refractivity contribution in [1.82, 2.24) is 14.5 Å². The van der Waals surface area contributed by atoms with E-state index in [0.717, 1.165) is 39.8 Å². The molecule has 0 atom stereocenters. The molecule has 3 aromatic rings. The Hall–Kier alpha value is -2.87. The number of carbonyl (C=O) groups is 1. The number of methoxy groups -OCH3 is 1. The molecule has 1 aliphatic rings. The van der Waals surface area contributed by atoms with Crippen LogP contribution in [0.4, 0.5) is 5.69 Å². The van der Waals surface area contributed by atoms with Gasteiger partial charge in [-0.15, -0.1) is 11.3 Å². The molecular weight excluding hydrogens is 388 g/mol. The zero-order chi connectivity index (χ0) is 20.5. The summed E-state index contributed by atoms with van der Waals surface area (Å²) in [6, 6.07) is 7.94. The second kappa shape index (κ2) is 7.87. The Morgan fingerprint density at radius 3 is 2.48 bits per heavy atom. The van der Waals surface area contributed by atoms with E-state index in [9.17, 15) is 9.59 Å². The SMILES string of the molecule is COc1ccc(N2CCN(C(=O)Cn3cnc4sc(C)c(C)c4c3=O)CC2)cc1. The molecule has 0 bridgehead atoms. The van der Waals surface area contributed by atoms with Crippen molar-refractivity contribution >= 4 is 33.1 Å². The second-order valence-corrected chi connectivity index (χ2v) is 8.41. The monoisotopic (exact) mass is 412 g/mol. The van der Waals surface area contributed by atoms with E-state index in [-0.39, 0.29) is 18.0 Å². The minimum absolute atomic E-state index is 0.0264. The fourth-order valence-corrected chi connectivity index (χ4v) is 4.62. The van der Waals surface area contributed by atoms with Crippen LogP contribution in [0, 0.1) is 13.8 Å². The molecule has 1 saturated heterocycles. The van der Waals surface area contributed by atoms with E-state index in [2.05, 4.69) is 9.88 Å². The number of thiophene rings is 1. The number of hydrogen-bond donors (Lipinski definition) is 0. The number of anilines is 1. The Bertz CT molecular complexity index is 1100. The summed E-state index contributed by atoms with van der Waals surface area (Å²) >= 11 is 1.52. The summed E-state index contributed by atoms with van der Waals surface area (Å²) in [5.74, 6) is 0.780. The van der Waals surface area contributed by atoms with Gasteiger partial charge in [0, 0.05) is 36.7 Å². The van der Waals surface area contributed by atoms with Crippen molar-refractivity contribution in [2.45, 2.75) is 20.4 Å². The van der Waals surface area contributed by atoms with E-state index in [1.807, 2.05) is 43.0 Å². The van der Waals surface area contributed by atoms with Crippen molar-refractivity contribution in [2.75, 3.05) is 38.2 Å². The number of rotatable bonds is 4. The molecule has 0 aliphatic carbocycles. The second-order valence-electron chi connectivity index (χ2n) is 7.21. The molecule has 2 aromatic heterocycles. The maximum absolute atomic E-state index is 12.8. The zero-order valence-electron chi connectivity index (χ0n) is 16.8. The predicted octanol–water partition coefficient (Wildman–Crippen LogP) is 2.43. The van der Waals surface area contributed by atoms with Gasteiger partial charge in [0.2, 0.25) is 5.91 Å². The van der Waals surface area contributed by atoms with Crippen molar-refractivity contribution in [3.05, 3.63) is 51.4 Å². The van der Waals surface area contributed by atoms with Crippen LogP contribution in [0.25, 0.3) is 10.2 Å². The topological polar surface area (TPSA) is 67.7 Å². The lowest BCUT2D eigenvalue weighted by atomic mass is 10.2. The normalized spacial score (nSPS) is 14.4. The largest absolute Gasteiger partial charge is 0.497 e. The molecule has 3 heterocycles. The van der Waals surface area contributed by atoms with Gasteiger partial charge in [-0.1, -0.05) is 0 Å². The number of piperazine rings is 1. The van der Waals surface area contributed by atoms with Gasteiger partial charge in [0.1, 0.15) is 17.1 Å². The third kappa shape index (κ3) is 3.72. The lowest BCUT2D eigenvalue weighted by molar-refractivity contribution is -0.132. The Morgan fingerprint density at radius 1 is 1.14 bits per heavy atom. The quantitative estimate of drug-likeness (QED) is 0.658. The minimum atomic E-state index is -0.137. The van der Waals surface area contributed by atoms with Gasteiger partial charge in [-0.2, -0.15) is 0 Å². The van der Waals surface area contributed by atoms with Gasteiger partial charge in [0.05, 0.1) is 18.8 Å². The van der Waals surface area contributed by atoms with Gasteiger partial charge in [-0.25, -0.2) is 4.98 Å². The van der Waals surface area contributed by atoms with Crippen LogP contribution in [0.2, 0.25) is 0 Å². The van der Waals surface area contributed by atoms with Crippen LogP contribution >= 0.6 is 11.3 Å². The fourth-order valence-electron chi connectivity index (χ4n) is 3.64. The zero-order valence-corrected chi connectivity index (χ0v) is 17.7. The Balaban J connectivity index is 1.42. The summed E-state index contributed by atoms with van der Waals surface area (Å²) in [5, 5.41) is 0.632. The summed E-state index contributed by atoms with van der Waals surface area (Å²) in [6.07, 6.45) is 1.49. The predicted molar refractivity (Wildman–Crippen MR) is 115 cm³/mol. The molecule has 29 heavy (non-hydrogen) atoms. The maximum atomic E-state index is 12.8. The smallest absolute Gasteiger partial charge is 0.262 e. The molecule has 8 heteroatoms. The van der Waals surface area contributed by atoms with E-state index in [0.29, 0.717) is 18.5 Å². The van der Waals surface area contributed by atoms with Gasteiger partial charge in [-0.05, 0) is 43.7 Å². The van der Waals surface area contributed by atoms with Gasteiger partial charge < -0.3 is 14.5 Å². The van der Waals surface area contributed by atoms with Gasteiger partial charge in [-0.3, -0.25) is 14.2 Å². The van der Waals surface area contributed by atoms with Crippen LogP contribution in [0.1, 0.15) is 10.4 Å². The summed E-state index contributed by atoms with van der Waals surface area (Å²) in [5.41, 5.74) is 1.94. The highest BCUT2D eigenvalue weighted by Crippen LogP contribution is 2.25. The Morgan fingerprint density at radius 2 is 1.83 bits per heavy atom. The Labute approximate surface area is 173 Å². The molecule has 0 saturated carbocycles. The van der Waals surface area contributed by atoms with E-state index < -0.39 is 0 Å². The van der Waals surface area contributed by atoms with E-state index in [1.165, 1.54) is 22.2 Å². The van der Waals surface area contributed by atoms with Crippen molar-refractivity contribution in [3.63, 3.8) is 0 Å². The van der Waals surface area contributed by atoms with Gasteiger partial charge in [0.15, 0.2) is 0 Å². The molecule has 1 aliphatic heterocycles. The standard InChI is InChI=1S/C21H24N4O3S/c1-14-15(2)29-20-19(14)21(27)25(13-22-20)12-18(26)24-10-8-23(9-11-24)16-4-6-17(28-3)7-5-16/h4-7,13H,8-12H2,1-3H3. The first kappa shape index (κ1) is 19.4. The summed E-state index contributed by atoms with van der Waals surface area (Å²) < 4.78 is 6.63. The molecule has 4 rings (SSSR count). The van der Waals surface area contributed by atoms with Crippen LogP contribution < -0.4 is 15.2 Å². The highest BCUT2D eigenvalue weighted by atomic mass is 32.1. The van der Waals surface area contributed by atoms with Crippen LogP contribution in [-0.2, 0) is 11.3 Å². The number of aryl methyl sites for hydroxylation is 2. The number of nitrogens with zero attached hydrogens (tertiary/aromatic N) is 4. The highest BCUT2D eigenvalue weighted by Gasteiger charge is 2.22. The summed E-state index contributed by atoms with van der Waals surface area (Å²) in [4.78, 5) is 35.9. The van der Waals surface area contributed by atoms with Crippen LogP contribution in [0.3, 0.4) is 0 Å². The highest BCUT2D eigenvalue weighted by molar-refractivity contribution is 7.18. The Kier molecular flexibility index (Phi) is 5.27. The average Bonchev–Trinajstić information content (AvgIpc) is 3.04. The fraction of sp³-hybridized carbons (Fsp3) is 0.381. The van der Waals surface area contributed by atoms with Crippen LogP contribution in [0.15, 0.2) is 35.4 Å². The van der Waals surface area contributed by atoms with Crippen LogP contribution in [-0.4, -0.2) is 53.6 Å². The van der Waals surface area contributed by atoms with E-state index >= 15 is 0 Å². The molecule has 0 radical (unpaired) electrons. The van der Waals surface area contributed by atoms with E-state index in [4.69, 9.17) is 4.74 Å². The average molecular weight is 413 g/mol. The molecule has 0 N–H and O–H groups in total. The molecule has 1 fully saturated rings. The number of amides is 1. The number of aromatic nitrogens is 2. The van der Waals surface area contributed by atoms with Crippen molar-refractivity contribution in [2.24, 2.45) is 0 Å².